The van der Waals surface area contributed by atoms with E-state index in [0.717, 1.165) is 19.3 Å². The van der Waals surface area contributed by atoms with Gasteiger partial charge in [0.05, 0.1) is 0 Å². The van der Waals surface area contributed by atoms with Crippen molar-refractivity contribution in [3.05, 3.63) is 0 Å². The zero-order valence-electron chi connectivity index (χ0n) is 12.3. The van der Waals surface area contributed by atoms with Crippen LogP contribution in [-0.2, 0) is 9.59 Å². The Labute approximate surface area is 121 Å². The van der Waals surface area contributed by atoms with Crippen molar-refractivity contribution in [1.29, 1.82) is 0 Å². The molecule has 2 N–H and O–H groups in total. The van der Waals surface area contributed by atoms with Crippen molar-refractivity contribution < 1.29 is 22.8 Å². The number of halogens is 3. The van der Waals surface area contributed by atoms with Gasteiger partial charge in [-0.25, -0.2) is 0 Å². The second-order valence-electron chi connectivity index (χ2n) is 6.34. The lowest BCUT2D eigenvalue weighted by Crippen LogP contribution is -2.65. The fourth-order valence-electron chi connectivity index (χ4n) is 3.57. The molecular weight excluding hydrogens is 285 g/mol. The van der Waals surface area contributed by atoms with Crippen LogP contribution < -0.4 is 10.6 Å². The van der Waals surface area contributed by atoms with Crippen molar-refractivity contribution in [2.24, 2.45) is 10.8 Å². The van der Waals surface area contributed by atoms with E-state index in [1.807, 2.05) is 0 Å². The van der Waals surface area contributed by atoms with Gasteiger partial charge in [0, 0.05) is 7.05 Å². The lowest BCUT2D eigenvalue weighted by atomic mass is 9.44. The van der Waals surface area contributed by atoms with E-state index < -0.39 is 29.4 Å². The van der Waals surface area contributed by atoms with Crippen LogP contribution in [0.2, 0.25) is 0 Å². The number of hydrogen-bond donors (Lipinski definition) is 2. The van der Waals surface area contributed by atoms with Crippen LogP contribution >= 0.6 is 0 Å². The number of amides is 2. The number of carbonyl (C=O) groups excluding carboxylic acids is 2. The summed E-state index contributed by atoms with van der Waals surface area (Å²) in [4.78, 5) is 23.7. The van der Waals surface area contributed by atoms with Crippen LogP contribution in [0.5, 0.6) is 0 Å². The lowest BCUT2D eigenvalue weighted by Gasteiger charge is -2.60. The molecule has 0 aromatic carbocycles. The molecule has 0 aromatic heterocycles. The number of rotatable bonds is 4. The first kappa shape index (κ1) is 16.1. The van der Waals surface area contributed by atoms with Crippen molar-refractivity contribution >= 4 is 11.8 Å². The maximum atomic E-state index is 13.4. The summed E-state index contributed by atoms with van der Waals surface area (Å²) >= 11 is 0. The van der Waals surface area contributed by atoms with Crippen LogP contribution in [0, 0.1) is 10.8 Å². The maximum absolute atomic E-state index is 13.4. The number of hydrogen-bond acceptors (Lipinski definition) is 2. The smallest absolute Gasteiger partial charge is 0.357 e. The molecule has 21 heavy (non-hydrogen) atoms. The highest BCUT2D eigenvalue weighted by Gasteiger charge is 2.72. The van der Waals surface area contributed by atoms with E-state index in [0.29, 0.717) is 0 Å². The van der Waals surface area contributed by atoms with Crippen LogP contribution in [-0.4, -0.2) is 31.1 Å². The van der Waals surface area contributed by atoms with Crippen LogP contribution in [0.15, 0.2) is 0 Å². The summed E-state index contributed by atoms with van der Waals surface area (Å²) in [6, 6.07) is -0.917. The van der Waals surface area contributed by atoms with Gasteiger partial charge in [-0.1, -0.05) is 13.3 Å². The third-order valence-corrected chi connectivity index (χ3v) is 5.02. The monoisotopic (exact) mass is 306 g/mol. The van der Waals surface area contributed by atoms with Crippen molar-refractivity contribution in [3.63, 3.8) is 0 Å². The van der Waals surface area contributed by atoms with Gasteiger partial charge in [-0.05, 0) is 37.5 Å². The minimum Gasteiger partial charge on any atom is -0.357 e. The van der Waals surface area contributed by atoms with Gasteiger partial charge in [-0.2, -0.15) is 13.2 Å². The molecule has 0 aromatic rings. The van der Waals surface area contributed by atoms with Gasteiger partial charge in [0.1, 0.15) is 11.5 Å². The quantitative estimate of drug-likeness (QED) is 0.836. The molecule has 1 spiro atoms. The normalized spacial score (nSPS) is 23.7. The summed E-state index contributed by atoms with van der Waals surface area (Å²) in [5, 5.41) is 4.63. The number of alkyl halides is 3. The third-order valence-electron chi connectivity index (χ3n) is 5.02. The molecule has 2 amide bonds. The first-order valence-electron chi connectivity index (χ1n) is 7.29. The Balaban J connectivity index is 2.11. The fraction of sp³-hybridized carbons (Fsp3) is 0.857. The molecule has 4 nitrogen and oxygen atoms in total. The Morgan fingerprint density at radius 3 is 2.14 bits per heavy atom. The first-order valence-corrected chi connectivity index (χ1v) is 7.29. The SMILES string of the molecule is CCC(NC(=O)C1(C(F)(F)F)CC2(CCC2)C1)C(=O)NC. The fourth-order valence-corrected chi connectivity index (χ4v) is 3.57. The lowest BCUT2D eigenvalue weighted by molar-refractivity contribution is -0.281. The first-order chi connectivity index (χ1) is 9.70. The van der Waals surface area contributed by atoms with E-state index in [9.17, 15) is 22.8 Å². The topological polar surface area (TPSA) is 58.2 Å². The van der Waals surface area contributed by atoms with Crippen molar-refractivity contribution in [2.75, 3.05) is 7.05 Å². The Morgan fingerprint density at radius 1 is 1.24 bits per heavy atom. The van der Waals surface area contributed by atoms with Gasteiger partial charge in [0.2, 0.25) is 11.8 Å². The highest BCUT2D eigenvalue weighted by atomic mass is 19.4. The zero-order chi connectivity index (χ0) is 15.9. The van der Waals surface area contributed by atoms with E-state index in [4.69, 9.17) is 0 Å². The highest BCUT2D eigenvalue weighted by molar-refractivity contribution is 5.91. The Kier molecular flexibility index (Phi) is 3.97. The van der Waals surface area contributed by atoms with Crippen LogP contribution in [0.1, 0.15) is 45.4 Å². The Hall–Kier alpha value is -1.27. The second-order valence-corrected chi connectivity index (χ2v) is 6.34. The van der Waals surface area contributed by atoms with Crippen LogP contribution in [0.4, 0.5) is 13.2 Å². The standard InChI is InChI=1S/C14H21F3N2O2/c1-3-9(10(20)18-2)19-11(21)13(14(15,16)17)7-12(8-13)5-4-6-12/h9H,3-8H2,1-2H3,(H,18,20)(H,19,21). The van der Waals surface area contributed by atoms with E-state index in [1.54, 1.807) is 6.92 Å². The molecule has 1 atom stereocenters. The summed E-state index contributed by atoms with van der Waals surface area (Å²) < 4.78 is 40.2. The highest BCUT2D eigenvalue weighted by Crippen LogP contribution is 2.69. The molecule has 2 aliphatic rings. The van der Waals surface area contributed by atoms with Gasteiger partial charge >= 0.3 is 6.18 Å². The van der Waals surface area contributed by atoms with Gasteiger partial charge in [-0.3, -0.25) is 9.59 Å². The predicted octanol–water partition coefficient (Wildman–Crippen LogP) is 2.14. The van der Waals surface area contributed by atoms with Crippen molar-refractivity contribution in [2.45, 2.75) is 57.7 Å². The molecular formula is C14H21F3N2O2. The molecule has 7 heteroatoms. The van der Waals surface area contributed by atoms with Gasteiger partial charge in [0.25, 0.3) is 0 Å². The average molecular weight is 306 g/mol. The number of nitrogens with one attached hydrogen (secondary N) is 2. The number of carbonyl (C=O) groups is 2. The van der Waals surface area contributed by atoms with Gasteiger partial charge in [0.15, 0.2) is 0 Å². The van der Waals surface area contributed by atoms with Gasteiger partial charge < -0.3 is 10.6 Å². The molecule has 2 aliphatic carbocycles. The molecule has 0 aliphatic heterocycles. The van der Waals surface area contributed by atoms with E-state index in [-0.39, 0.29) is 24.7 Å². The van der Waals surface area contributed by atoms with Gasteiger partial charge in [-0.15, -0.1) is 0 Å². The maximum Gasteiger partial charge on any atom is 0.403 e. The molecule has 0 saturated heterocycles. The molecule has 0 heterocycles. The predicted molar refractivity (Wildman–Crippen MR) is 70.3 cm³/mol. The molecule has 0 radical (unpaired) electrons. The summed E-state index contributed by atoms with van der Waals surface area (Å²) in [6.07, 6.45) is -2.12. The second kappa shape index (κ2) is 5.18. The van der Waals surface area contributed by atoms with E-state index in [1.165, 1.54) is 7.05 Å². The minimum absolute atomic E-state index is 0.139. The molecule has 1 unspecified atom stereocenters. The summed E-state index contributed by atoms with van der Waals surface area (Å²) in [5.41, 5.74) is -2.60. The Bertz CT molecular complexity index is 436. The Morgan fingerprint density at radius 2 is 1.81 bits per heavy atom. The van der Waals surface area contributed by atoms with E-state index in [2.05, 4.69) is 10.6 Å². The summed E-state index contributed by atoms with van der Waals surface area (Å²) in [5.74, 6) is -1.52. The molecule has 2 saturated carbocycles. The number of likely N-dealkylation sites (N-methyl/N-ethyl adjacent to an activating group) is 1. The van der Waals surface area contributed by atoms with Crippen LogP contribution in [0.3, 0.4) is 0 Å². The zero-order valence-corrected chi connectivity index (χ0v) is 12.3. The van der Waals surface area contributed by atoms with Crippen molar-refractivity contribution in [3.8, 4) is 0 Å². The van der Waals surface area contributed by atoms with Crippen molar-refractivity contribution in [1.82, 2.24) is 10.6 Å². The third kappa shape index (κ3) is 2.51. The summed E-state index contributed by atoms with van der Waals surface area (Å²) in [7, 11) is 1.39. The van der Waals surface area contributed by atoms with E-state index >= 15 is 0 Å². The minimum atomic E-state index is -4.57. The van der Waals surface area contributed by atoms with Crippen LogP contribution in [0.25, 0.3) is 0 Å². The largest absolute Gasteiger partial charge is 0.403 e. The molecule has 120 valence electrons. The summed E-state index contributed by atoms with van der Waals surface area (Å²) in [6.45, 7) is 1.65. The molecule has 2 rings (SSSR count). The average Bonchev–Trinajstić information content (AvgIpc) is 2.30. The molecule has 2 fully saturated rings. The molecule has 0 bridgehead atoms.